The van der Waals surface area contributed by atoms with Gasteiger partial charge in [0.05, 0.1) is 60.0 Å². The predicted octanol–water partition coefficient (Wildman–Crippen LogP) is 10.7. The molecule has 6 bridgehead atoms. The molecule has 2 aliphatic rings. The summed E-state index contributed by atoms with van der Waals surface area (Å²) in [5, 5.41) is 2.04. The van der Waals surface area contributed by atoms with Crippen molar-refractivity contribution >= 4 is 21.8 Å². The lowest BCUT2D eigenvalue weighted by Crippen LogP contribution is -2.03. The minimum Gasteiger partial charge on any atom is -0.493 e. The van der Waals surface area contributed by atoms with E-state index in [0.717, 1.165) is 132 Å². The highest BCUT2D eigenvalue weighted by Gasteiger charge is 2.19. The van der Waals surface area contributed by atoms with Gasteiger partial charge in [0.1, 0.15) is 23.0 Å². The molecule has 6 heteroatoms. The Hall–Kier alpha value is -4.84. The Morgan fingerprint density at radius 2 is 0.729 bits per heavy atom. The monoisotopic (exact) mass is 640 g/mol. The first-order valence-corrected chi connectivity index (χ1v) is 17.6. The van der Waals surface area contributed by atoms with Gasteiger partial charge in [-0.15, -0.1) is 0 Å². The molecule has 2 aliphatic heterocycles. The van der Waals surface area contributed by atoms with Gasteiger partial charge in [0, 0.05) is 10.8 Å². The number of nitrogens with zero attached hydrogens (tertiary/aromatic N) is 2. The van der Waals surface area contributed by atoms with Gasteiger partial charge in [-0.1, -0.05) is 60.7 Å². The van der Waals surface area contributed by atoms with E-state index in [-0.39, 0.29) is 0 Å². The number of benzene rings is 3. The summed E-state index contributed by atoms with van der Waals surface area (Å²) in [6.45, 7) is 2.50. The molecule has 7 rings (SSSR count). The van der Waals surface area contributed by atoms with Gasteiger partial charge >= 0.3 is 0 Å². The number of pyridine rings is 2. The molecule has 246 valence electrons. The average Bonchev–Trinajstić information content (AvgIpc) is 3.11. The third kappa shape index (κ3) is 7.49. The first-order chi connectivity index (χ1) is 23.8. The Bertz CT molecular complexity index is 1780. The van der Waals surface area contributed by atoms with Gasteiger partial charge in [0.2, 0.25) is 0 Å². The topological polar surface area (TPSA) is 62.7 Å². The number of rotatable bonds is 0. The van der Waals surface area contributed by atoms with E-state index in [4.69, 9.17) is 28.9 Å². The summed E-state index contributed by atoms with van der Waals surface area (Å²) >= 11 is 0. The van der Waals surface area contributed by atoms with E-state index in [2.05, 4.69) is 60.7 Å². The van der Waals surface area contributed by atoms with Gasteiger partial charge in [-0.2, -0.15) is 0 Å². The number of allylic oxidation sites excluding steroid dienone is 4. The van der Waals surface area contributed by atoms with Crippen molar-refractivity contribution in [3.63, 3.8) is 0 Å². The number of aromatic nitrogens is 2. The highest BCUT2D eigenvalue weighted by Crippen LogP contribution is 2.41. The molecule has 0 saturated carbocycles. The summed E-state index contributed by atoms with van der Waals surface area (Å²) in [4.78, 5) is 10.6. The Balaban J connectivity index is 1.41. The van der Waals surface area contributed by atoms with Gasteiger partial charge < -0.3 is 18.9 Å². The van der Waals surface area contributed by atoms with E-state index < -0.39 is 0 Å². The lowest BCUT2D eigenvalue weighted by molar-refractivity contribution is 0.296. The lowest BCUT2D eigenvalue weighted by atomic mass is 10.0. The number of hydrogen-bond acceptors (Lipinski definition) is 6. The van der Waals surface area contributed by atoms with Crippen molar-refractivity contribution in [2.45, 2.75) is 64.2 Å². The van der Waals surface area contributed by atoms with Gasteiger partial charge in [-0.3, -0.25) is 0 Å². The van der Waals surface area contributed by atoms with Crippen molar-refractivity contribution in [1.82, 2.24) is 9.97 Å². The normalized spacial score (nSPS) is 17.8. The van der Waals surface area contributed by atoms with Crippen molar-refractivity contribution in [3.8, 4) is 45.5 Å². The van der Waals surface area contributed by atoms with Crippen LogP contribution in [0.2, 0.25) is 0 Å². The lowest BCUT2D eigenvalue weighted by Gasteiger charge is -2.17. The van der Waals surface area contributed by atoms with E-state index in [1.54, 1.807) is 0 Å². The molecule has 0 atom stereocenters. The largest absolute Gasteiger partial charge is 0.493 e. The average molecular weight is 641 g/mol. The van der Waals surface area contributed by atoms with Gasteiger partial charge in [-0.05, 0) is 101 Å². The summed E-state index contributed by atoms with van der Waals surface area (Å²) < 4.78 is 25.8. The number of ether oxygens (including phenoxy) is 4. The molecular formula is C42H44N2O4. The fourth-order valence-corrected chi connectivity index (χ4v) is 6.38. The SMILES string of the molecule is C1=C\CCCOc2cccc3c2-c2ccc4ccc5ccc(nc5c4n2)-c2c(cccc2OCCCC/1)OCCC/C=C/CCCCO3. The van der Waals surface area contributed by atoms with Crippen LogP contribution in [0.5, 0.6) is 23.0 Å². The Morgan fingerprint density at radius 3 is 1.15 bits per heavy atom. The van der Waals surface area contributed by atoms with E-state index in [9.17, 15) is 0 Å². The van der Waals surface area contributed by atoms with Crippen molar-refractivity contribution in [2.75, 3.05) is 26.4 Å². The van der Waals surface area contributed by atoms with Crippen LogP contribution >= 0.6 is 0 Å². The van der Waals surface area contributed by atoms with Crippen molar-refractivity contribution in [3.05, 3.63) is 97.1 Å². The first kappa shape index (κ1) is 31.7. The van der Waals surface area contributed by atoms with Crippen molar-refractivity contribution < 1.29 is 18.9 Å². The molecule has 2 aromatic heterocycles. The molecule has 0 amide bonds. The molecule has 5 aromatic rings. The molecule has 4 heterocycles. The molecular weight excluding hydrogens is 596 g/mol. The molecule has 0 N–H and O–H groups in total. The van der Waals surface area contributed by atoms with Crippen LogP contribution in [0.4, 0.5) is 0 Å². The number of hydrogen-bond donors (Lipinski definition) is 0. The third-order valence-electron chi connectivity index (χ3n) is 8.93. The zero-order valence-electron chi connectivity index (χ0n) is 27.7. The van der Waals surface area contributed by atoms with Gasteiger partial charge in [0.25, 0.3) is 0 Å². The van der Waals surface area contributed by atoms with E-state index in [0.29, 0.717) is 26.4 Å². The minimum absolute atomic E-state index is 0.616. The van der Waals surface area contributed by atoms with E-state index >= 15 is 0 Å². The summed E-state index contributed by atoms with van der Waals surface area (Å²) in [6, 6.07) is 24.8. The van der Waals surface area contributed by atoms with Crippen LogP contribution in [0.3, 0.4) is 0 Å². The zero-order valence-corrected chi connectivity index (χ0v) is 27.7. The molecule has 48 heavy (non-hydrogen) atoms. The zero-order chi connectivity index (χ0) is 32.4. The van der Waals surface area contributed by atoms with Gasteiger partial charge in [0.15, 0.2) is 0 Å². The van der Waals surface area contributed by atoms with Crippen molar-refractivity contribution in [1.29, 1.82) is 0 Å². The second-order valence-electron chi connectivity index (χ2n) is 12.5. The Morgan fingerprint density at radius 1 is 0.375 bits per heavy atom. The molecule has 0 fully saturated rings. The maximum Gasteiger partial charge on any atom is 0.132 e. The molecule has 0 unspecified atom stereocenters. The molecule has 6 nitrogen and oxygen atoms in total. The quantitative estimate of drug-likeness (QED) is 0.124. The van der Waals surface area contributed by atoms with Crippen LogP contribution in [0.15, 0.2) is 97.1 Å². The van der Waals surface area contributed by atoms with Crippen LogP contribution in [0, 0.1) is 0 Å². The Kier molecular flexibility index (Phi) is 10.5. The smallest absolute Gasteiger partial charge is 0.132 e. The molecule has 0 radical (unpaired) electrons. The molecule has 0 aliphatic carbocycles. The highest BCUT2D eigenvalue weighted by atomic mass is 16.5. The van der Waals surface area contributed by atoms with Crippen LogP contribution < -0.4 is 18.9 Å². The first-order valence-electron chi connectivity index (χ1n) is 17.6. The second-order valence-corrected chi connectivity index (χ2v) is 12.5. The van der Waals surface area contributed by atoms with Crippen molar-refractivity contribution in [2.24, 2.45) is 0 Å². The summed E-state index contributed by atoms with van der Waals surface area (Å²) in [5.41, 5.74) is 5.05. The summed E-state index contributed by atoms with van der Waals surface area (Å²) in [5.74, 6) is 3.16. The fraction of sp³-hybridized carbons (Fsp3) is 0.333. The van der Waals surface area contributed by atoms with Crippen LogP contribution in [0.1, 0.15) is 64.2 Å². The minimum atomic E-state index is 0.616. The molecule has 0 spiro atoms. The summed E-state index contributed by atoms with van der Waals surface area (Å²) in [7, 11) is 0. The predicted molar refractivity (Wildman–Crippen MR) is 194 cm³/mol. The Labute approximate surface area is 283 Å². The fourth-order valence-electron chi connectivity index (χ4n) is 6.38. The van der Waals surface area contributed by atoms with Crippen LogP contribution in [-0.4, -0.2) is 36.4 Å². The second kappa shape index (κ2) is 15.8. The molecule has 0 saturated heterocycles. The molecule has 3 aromatic carbocycles. The van der Waals surface area contributed by atoms with Crippen LogP contribution in [0.25, 0.3) is 44.3 Å². The highest BCUT2D eigenvalue weighted by molar-refractivity contribution is 6.04. The van der Waals surface area contributed by atoms with Crippen LogP contribution in [-0.2, 0) is 0 Å². The maximum atomic E-state index is 6.46. The standard InChI is InChI=1S/C42H44N2O4/c1-3-7-11-27-45-35-17-15-19-37-39(35)33-25-23-31-21-22-32-24-26-34(44-42(32)41(31)43-33)40-36(46-28-12-8-4-1)18-16-20-38(40)48-30-14-10-6-2-5-9-13-29-47-37/h1-3,6,15-26H,4-5,7-14,27-30H2/b3-1-,6-2+. The van der Waals surface area contributed by atoms with E-state index in [1.165, 1.54) is 0 Å². The maximum absolute atomic E-state index is 6.46. The third-order valence-corrected chi connectivity index (χ3v) is 8.93. The summed E-state index contributed by atoms with van der Waals surface area (Å²) in [6.07, 6.45) is 19.0. The van der Waals surface area contributed by atoms with Gasteiger partial charge in [-0.25, -0.2) is 9.97 Å². The van der Waals surface area contributed by atoms with E-state index in [1.807, 2.05) is 36.4 Å².